The summed E-state index contributed by atoms with van der Waals surface area (Å²) < 4.78 is 0. The summed E-state index contributed by atoms with van der Waals surface area (Å²) in [6.07, 6.45) is 6.97. The zero-order valence-electron chi connectivity index (χ0n) is 6.27. The van der Waals surface area contributed by atoms with Gasteiger partial charge < -0.3 is 5.32 Å². The molecule has 9 heavy (non-hydrogen) atoms. The van der Waals surface area contributed by atoms with Gasteiger partial charge in [0.15, 0.2) is 0 Å². The SMILES string of the molecule is CC[N-]C1CCCCC1. The van der Waals surface area contributed by atoms with Gasteiger partial charge in [-0.15, -0.1) is 6.04 Å². The van der Waals surface area contributed by atoms with Gasteiger partial charge in [-0.1, -0.05) is 39.0 Å². The van der Waals surface area contributed by atoms with Crippen molar-refractivity contribution in [3.05, 3.63) is 5.32 Å². The summed E-state index contributed by atoms with van der Waals surface area (Å²) in [4.78, 5) is 0. The van der Waals surface area contributed by atoms with Crippen LogP contribution in [0.1, 0.15) is 39.0 Å². The summed E-state index contributed by atoms with van der Waals surface area (Å²) in [5.74, 6) is 0. The maximum Gasteiger partial charge on any atom is -0.0534 e. The zero-order chi connectivity index (χ0) is 6.53. The van der Waals surface area contributed by atoms with Crippen molar-refractivity contribution in [3.63, 3.8) is 0 Å². The highest BCUT2D eigenvalue weighted by molar-refractivity contribution is 4.91. The average Bonchev–Trinajstić information content (AvgIpc) is 1.91. The molecular formula is C8H16N-. The molecule has 1 aliphatic carbocycles. The highest BCUT2D eigenvalue weighted by atomic mass is 14.9. The van der Waals surface area contributed by atoms with E-state index in [0.717, 1.165) is 12.6 Å². The lowest BCUT2D eigenvalue weighted by Crippen LogP contribution is -2.11. The smallest absolute Gasteiger partial charge is 0.0534 e. The second-order valence-corrected chi connectivity index (χ2v) is 2.79. The second-order valence-electron chi connectivity index (χ2n) is 2.79. The Morgan fingerprint density at radius 1 is 1.22 bits per heavy atom. The van der Waals surface area contributed by atoms with Crippen LogP contribution in [0.3, 0.4) is 0 Å². The van der Waals surface area contributed by atoms with Crippen molar-refractivity contribution in [1.29, 1.82) is 0 Å². The molecule has 0 amide bonds. The van der Waals surface area contributed by atoms with Crippen molar-refractivity contribution < 1.29 is 0 Å². The van der Waals surface area contributed by atoms with Crippen molar-refractivity contribution in [1.82, 2.24) is 0 Å². The van der Waals surface area contributed by atoms with Crippen LogP contribution in [-0.4, -0.2) is 12.6 Å². The topological polar surface area (TPSA) is 14.1 Å². The van der Waals surface area contributed by atoms with Crippen molar-refractivity contribution in [2.45, 2.75) is 45.1 Å². The molecule has 1 rings (SSSR count). The molecule has 0 aromatic carbocycles. The Kier molecular flexibility index (Phi) is 3.05. The van der Waals surface area contributed by atoms with E-state index in [1.54, 1.807) is 0 Å². The molecule has 0 aliphatic heterocycles. The van der Waals surface area contributed by atoms with Gasteiger partial charge in [0.2, 0.25) is 0 Å². The lowest BCUT2D eigenvalue weighted by molar-refractivity contribution is 0.467. The first-order chi connectivity index (χ1) is 4.43. The van der Waals surface area contributed by atoms with E-state index in [4.69, 9.17) is 0 Å². The van der Waals surface area contributed by atoms with Crippen molar-refractivity contribution in [2.24, 2.45) is 0 Å². The summed E-state index contributed by atoms with van der Waals surface area (Å²) in [6.45, 7) is 3.15. The normalized spacial score (nSPS) is 22.3. The first-order valence-corrected chi connectivity index (χ1v) is 4.10. The Labute approximate surface area is 57.8 Å². The van der Waals surface area contributed by atoms with E-state index < -0.39 is 0 Å². The molecule has 0 unspecified atom stereocenters. The molecule has 1 saturated carbocycles. The Bertz CT molecular complexity index is 62.2. The fraction of sp³-hybridized carbons (Fsp3) is 1.00. The van der Waals surface area contributed by atoms with Crippen molar-refractivity contribution in [2.75, 3.05) is 6.54 Å². The van der Waals surface area contributed by atoms with Crippen LogP contribution < -0.4 is 0 Å². The van der Waals surface area contributed by atoms with Crippen LogP contribution in [0, 0.1) is 0 Å². The van der Waals surface area contributed by atoms with Crippen LogP contribution in [0.5, 0.6) is 0 Å². The predicted octanol–water partition coefficient (Wildman–Crippen LogP) is 2.71. The molecule has 0 aromatic rings. The number of nitrogens with zero attached hydrogens (tertiary/aromatic N) is 1. The number of rotatable bonds is 2. The summed E-state index contributed by atoms with van der Waals surface area (Å²) in [6, 6.07) is 0.726. The van der Waals surface area contributed by atoms with Gasteiger partial charge in [-0.2, -0.15) is 6.54 Å². The van der Waals surface area contributed by atoms with Gasteiger partial charge in [-0.3, -0.25) is 0 Å². The molecular weight excluding hydrogens is 110 g/mol. The van der Waals surface area contributed by atoms with Crippen LogP contribution in [0.4, 0.5) is 0 Å². The minimum atomic E-state index is 0.726. The first kappa shape index (κ1) is 7.07. The maximum atomic E-state index is 4.48. The van der Waals surface area contributed by atoms with Gasteiger partial charge >= 0.3 is 0 Å². The largest absolute Gasteiger partial charge is 0.660 e. The van der Waals surface area contributed by atoms with Crippen LogP contribution in [0.25, 0.3) is 5.32 Å². The molecule has 54 valence electrons. The van der Waals surface area contributed by atoms with Gasteiger partial charge in [0, 0.05) is 0 Å². The average molecular weight is 126 g/mol. The van der Waals surface area contributed by atoms with E-state index in [2.05, 4.69) is 12.2 Å². The van der Waals surface area contributed by atoms with Crippen LogP contribution >= 0.6 is 0 Å². The summed E-state index contributed by atoms with van der Waals surface area (Å²) in [7, 11) is 0. The molecule has 1 fully saturated rings. The molecule has 0 atom stereocenters. The second kappa shape index (κ2) is 3.89. The Morgan fingerprint density at radius 3 is 2.44 bits per heavy atom. The Hall–Kier alpha value is -0.0400. The van der Waals surface area contributed by atoms with E-state index in [1.165, 1.54) is 32.1 Å². The molecule has 0 saturated heterocycles. The monoisotopic (exact) mass is 126 g/mol. The fourth-order valence-electron chi connectivity index (χ4n) is 1.52. The fourth-order valence-corrected chi connectivity index (χ4v) is 1.52. The molecule has 0 radical (unpaired) electrons. The third-order valence-corrected chi connectivity index (χ3v) is 2.02. The van der Waals surface area contributed by atoms with E-state index in [-0.39, 0.29) is 0 Å². The molecule has 0 spiro atoms. The molecule has 1 heteroatoms. The summed E-state index contributed by atoms with van der Waals surface area (Å²) in [5.41, 5.74) is 0. The van der Waals surface area contributed by atoms with Crippen LogP contribution in [0.2, 0.25) is 0 Å². The van der Waals surface area contributed by atoms with Gasteiger partial charge in [-0.25, -0.2) is 0 Å². The quantitative estimate of drug-likeness (QED) is 0.540. The summed E-state index contributed by atoms with van der Waals surface area (Å²) >= 11 is 0. The van der Waals surface area contributed by atoms with E-state index in [9.17, 15) is 0 Å². The van der Waals surface area contributed by atoms with Crippen molar-refractivity contribution >= 4 is 0 Å². The minimum Gasteiger partial charge on any atom is -0.660 e. The maximum absolute atomic E-state index is 4.48. The van der Waals surface area contributed by atoms with E-state index >= 15 is 0 Å². The van der Waals surface area contributed by atoms with Gasteiger partial charge in [0.25, 0.3) is 0 Å². The predicted molar refractivity (Wildman–Crippen MR) is 40.8 cm³/mol. The molecule has 1 aliphatic rings. The zero-order valence-corrected chi connectivity index (χ0v) is 6.27. The van der Waals surface area contributed by atoms with Crippen LogP contribution in [-0.2, 0) is 0 Å². The minimum absolute atomic E-state index is 0.726. The van der Waals surface area contributed by atoms with E-state index in [1.807, 2.05) is 0 Å². The van der Waals surface area contributed by atoms with Gasteiger partial charge in [-0.05, 0) is 0 Å². The Balaban J connectivity index is 2.08. The molecule has 1 nitrogen and oxygen atoms in total. The number of hydrogen-bond donors (Lipinski definition) is 0. The molecule has 0 heterocycles. The highest BCUT2D eigenvalue weighted by Gasteiger charge is 2.03. The summed E-state index contributed by atoms with van der Waals surface area (Å²) in [5, 5.41) is 4.48. The third-order valence-electron chi connectivity index (χ3n) is 2.02. The van der Waals surface area contributed by atoms with Gasteiger partial charge in [0.05, 0.1) is 0 Å². The number of hydrogen-bond acceptors (Lipinski definition) is 0. The molecule has 0 bridgehead atoms. The van der Waals surface area contributed by atoms with E-state index in [0.29, 0.717) is 0 Å². The van der Waals surface area contributed by atoms with Crippen molar-refractivity contribution in [3.8, 4) is 0 Å². The van der Waals surface area contributed by atoms with Crippen LogP contribution in [0.15, 0.2) is 0 Å². The lowest BCUT2D eigenvalue weighted by atomic mass is 9.96. The standard InChI is InChI=1S/C8H16N/c1-2-9-8-6-4-3-5-7-8/h8H,2-7H2,1H3/q-1. The third kappa shape index (κ3) is 2.35. The Morgan fingerprint density at radius 2 is 1.89 bits per heavy atom. The highest BCUT2D eigenvalue weighted by Crippen LogP contribution is 2.22. The first-order valence-electron chi connectivity index (χ1n) is 4.10. The molecule has 0 aromatic heterocycles. The lowest BCUT2D eigenvalue weighted by Gasteiger charge is -2.33. The van der Waals surface area contributed by atoms with Gasteiger partial charge in [0.1, 0.15) is 0 Å². The molecule has 0 N–H and O–H groups in total.